The van der Waals surface area contributed by atoms with Crippen molar-refractivity contribution in [3.8, 4) is 0 Å². The summed E-state index contributed by atoms with van der Waals surface area (Å²) in [5, 5.41) is 0.358. The maximum absolute atomic E-state index is 13.6. The van der Waals surface area contributed by atoms with Crippen molar-refractivity contribution in [1.82, 2.24) is 4.90 Å². The number of hydrogen-bond acceptors (Lipinski definition) is 1. The maximum atomic E-state index is 13.6. The van der Waals surface area contributed by atoms with Gasteiger partial charge in [0, 0.05) is 23.5 Å². The maximum Gasteiger partial charge on any atom is 0.257 e. The molecule has 5 heteroatoms. The molecular formula is C12H12Cl2FNO. The molecule has 1 saturated carbocycles. The van der Waals surface area contributed by atoms with Gasteiger partial charge >= 0.3 is 0 Å². The minimum Gasteiger partial charge on any atom is -0.334 e. The number of carbonyl (C=O) groups excluding carboxylic acids is 1. The molecule has 92 valence electrons. The number of carbonyl (C=O) groups is 1. The van der Waals surface area contributed by atoms with Crippen molar-refractivity contribution < 1.29 is 9.18 Å². The summed E-state index contributed by atoms with van der Waals surface area (Å²) in [6, 6.07) is 4.21. The summed E-state index contributed by atoms with van der Waals surface area (Å²) in [7, 11) is 0. The Morgan fingerprint density at radius 1 is 1.47 bits per heavy atom. The molecule has 0 aromatic heterocycles. The first-order valence-corrected chi connectivity index (χ1v) is 6.36. The number of benzene rings is 1. The summed E-state index contributed by atoms with van der Waals surface area (Å²) in [5.74, 6) is -0.516. The van der Waals surface area contributed by atoms with Crippen LogP contribution in [0.1, 0.15) is 23.2 Å². The van der Waals surface area contributed by atoms with Gasteiger partial charge in [-0.15, -0.1) is 11.6 Å². The number of alkyl halides is 1. The van der Waals surface area contributed by atoms with E-state index in [0.717, 1.165) is 12.8 Å². The molecule has 1 fully saturated rings. The lowest BCUT2D eigenvalue weighted by atomic mass is 10.2. The first-order valence-electron chi connectivity index (χ1n) is 5.45. The monoisotopic (exact) mass is 275 g/mol. The van der Waals surface area contributed by atoms with Gasteiger partial charge in [-0.3, -0.25) is 4.79 Å². The van der Waals surface area contributed by atoms with E-state index in [2.05, 4.69) is 0 Å². The minimum atomic E-state index is -0.542. The van der Waals surface area contributed by atoms with E-state index in [4.69, 9.17) is 23.2 Å². The van der Waals surface area contributed by atoms with Crippen molar-refractivity contribution in [3.63, 3.8) is 0 Å². The molecule has 1 aromatic rings. The van der Waals surface area contributed by atoms with Gasteiger partial charge in [-0.05, 0) is 31.0 Å². The highest BCUT2D eigenvalue weighted by molar-refractivity contribution is 6.31. The summed E-state index contributed by atoms with van der Waals surface area (Å²) in [6.07, 6.45) is 1.93. The molecule has 0 atom stereocenters. The third-order valence-electron chi connectivity index (χ3n) is 2.73. The van der Waals surface area contributed by atoms with Crippen molar-refractivity contribution in [3.05, 3.63) is 34.6 Å². The molecule has 17 heavy (non-hydrogen) atoms. The van der Waals surface area contributed by atoms with Crippen LogP contribution in [-0.4, -0.2) is 29.3 Å². The van der Waals surface area contributed by atoms with Crippen LogP contribution in [0.2, 0.25) is 5.02 Å². The van der Waals surface area contributed by atoms with Crippen molar-refractivity contribution in [2.45, 2.75) is 18.9 Å². The van der Waals surface area contributed by atoms with Crippen LogP contribution in [0.4, 0.5) is 4.39 Å². The molecule has 1 aliphatic carbocycles. The molecule has 2 rings (SSSR count). The van der Waals surface area contributed by atoms with E-state index in [1.165, 1.54) is 18.2 Å². The molecule has 0 unspecified atom stereocenters. The second kappa shape index (κ2) is 5.23. The summed E-state index contributed by atoms with van der Waals surface area (Å²) < 4.78 is 13.6. The Morgan fingerprint density at radius 2 is 2.18 bits per heavy atom. The van der Waals surface area contributed by atoms with Gasteiger partial charge in [0.15, 0.2) is 0 Å². The Hall–Kier alpha value is -0.800. The van der Waals surface area contributed by atoms with Crippen LogP contribution in [0.15, 0.2) is 18.2 Å². The van der Waals surface area contributed by atoms with Gasteiger partial charge in [-0.2, -0.15) is 0 Å². The highest BCUT2D eigenvalue weighted by Gasteiger charge is 2.33. The molecule has 0 heterocycles. The quantitative estimate of drug-likeness (QED) is 0.772. The average Bonchev–Trinajstić information content (AvgIpc) is 3.12. The zero-order chi connectivity index (χ0) is 12.4. The number of halogens is 3. The lowest BCUT2D eigenvalue weighted by Crippen LogP contribution is -2.35. The van der Waals surface area contributed by atoms with Crippen LogP contribution in [0.3, 0.4) is 0 Å². The molecule has 1 amide bonds. The van der Waals surface area contributed by atoms with Crippen molar-refractivity contribution in [1.29, 1.82) is 0 Å². The molecule has 0 N–H and O–H groups in total. The number of hydrogen-bond donors (Lipinski definition) is 0. The van der Waals surface area contributed by atoms with E-state index in [0.29, 0.717) is 17.4 Å². The van der Waals surface area contributed by atoms with E-state index in [9.17, 15) is 9.18 Å². The summed E-state index contributed by atoms with van der Waals surface area (Å²) in [5.41, 5.74) is 0.0227. The Balaban J connectivity index is 2.24. The van der Waals surface area contributed by atoms with Crippen molar-refractivity contribution >= 4 is 29.1 Å². The fourth-order valence-corrected chi connectivity index (χ4v) is 2.10. The number of amides is 1. The Kier molecular flexibility index (Phi) is 3.89. The molecule has 0 bridgehead atoms. The van der Waals surface area contributed by atoms with Crippen molar-refractivity contribution in [2.75, 3.05) is 12.4 Å². The van der Waals surface area contributed by atoms with Gasteiger partial charge in [0.25, 0.3) is 5.91 Å². The summed E-state index contributed by atoms with van der Waals surface area (Å²) in [6.45, 7) is 0.441. The van der Waals surface area contributed by atoms with E-state index < -0.39 is 5.82 Å². The smallest absolute Gasteiger partial charge is 0.257 e. The zero-order valence-corrected chi connectivity index (χ0v) is 10.6. The van der Waals surface area contributed by atoms with E-state index in [1.807, 2.05) is 0 Å². The first-order chi connectivity index (χ1) is 8.13. The topological polar surface area (TPSA) is 20.3 Å². The Labute approximate surface area is 109 Å². The third-order valence-corrected chi connectivity index (χ3v) is 3.14. The molecule has 0 spiro atoms. The van der Waals surface area contributed by atoms with Crippen molar-refractivity contribution in [2.24, 2.45) is 0 Å². The predicted octanol–water partition coefficient (Wildman–Crippen LogP) is 3.32. The summed E-state index contributed by atoms with van der Waals surface area (Å²) >= 11 is 11.4. The van der Waals surface area contributed by atoms with Crippen LogP contribution in [0, 0.1) is 5.82 Å². The van der Waals surface area contributed by atoms with E-state index >= 15 is 0 Å². The van der Waals surface area contributed by atoms with Gasteiger partial charge in [-0.1, -0.05) is 11.6 Å². The molecule has 0 aliphatic heterocycles. The fraction of sp³-hybridized carbons (Fsp3) is 0.417. The lowest BCUT2D eigenvalue weighted by molar-refractivity contribution is 0.0749. The molecule has 1 aromatic carbocycles. The van der Waals surface area contributed by atoms with Gasteiger partial charge in [-0.25, -0.2) is 4.39 Å². The van der Waals surface area contributed by atoms with E-state index in [-0.39, 0.29) is 17.5 Å². The SMILES string of the molecule is O=C(c1cc(Cl)ccc1F)N(CCCl)C1CC1. The standard InChI is InChI=1S/C12H12Cl2FNO/c13-5-6-16(9-2-3-9)12(17)10-7-8(14)1-4-11(10)15/h1,4,7,9H,2-3,5-6H2. The predicted molar refractivity (Wildman–Crippen MR) is 66.2 cm³/mol. The van der Waals surface area contributed by atoms with Gasteiger partial charge in [0.1, 0.15) is 5.82 Å². The van der Waals surface area contributed by atoms with Gasteiger partial charge in [0.05, 0.1) is 5.56 Å². The second-order valence-corrected chi connectivity index (χ2v) is 4.86. The van der Waals surface area contributed by atoms with E-state index in [1.54, 1.807) is 4.90 Å². The number of nitrogens with zero attached hydrogens (tertiary/aromatic N) is 1. The third kappa shape index (κ3) is 2.90. The zero-order valence-electron chi connectivity index (χ0n) is 9.13. The first kappa shape index (κ1) is 12.7. The minimum absolute atomic E-state index is 0.0227. The second-order valence-electron chi connectivity index (χ2n) is 4.04. The lowest BCUT2D eigenvalue weighted by Gasteiger charge is -2.21. The van der Waals surface area contributed by atoms with Crippen LogP contribution >= 0.6 is 23.2 Å². The van der Waals surface area contributed by atoms with Crippen LogP contribution in [0.5, 0.6) is 0 Å². The molecule has 0 saturated heterocycles. The molecule has 1 aliphatic rings. The molecular weight excluding hydrogens is 264 g/mol. The highest BCUT2D eigenvalue weighted by Crippen LogP contribution is 2.29. The molecule has 2 nitrogen and oxygen atoms in total. The fourth-order valence-electron chi connectivity index (χ4n) is 1.74. The van der Waals surface area contributed by atoms with Crippen LogP contribution in [0.25, 0.3) is 0 Å². The highest BCUT2D eigenvalue weighted by atomic mass is 35.5. The Morgan fingerprint density at radius 3 is 2.76 bits per heavy atom. The largest absolute Gasteiger partial charge is 0.334 e. The number of rotatable bonds is 4. The molecule has 0 radical (unpaired) electrons. The Bertz CT molecular complexity index is 435. The summed E-state index contributed by atoms with van der Waals surface area (Å²) in [4.78, 5) is 13.8. The van der Waals surface area contributed by atoms with Gasteiger partial charge in [0.2, 0.25) is 0 Å². The van der Waals surface area contributed by atoms with Crippen LogP contribution in [-0.2, 0) is 0 Å². The average molecular weight is 276 g/mol. The van der Waals surface area contributed by atoms with Gasteiger partial charge < -0.3 is 4.90 Å². The normalized spacial score (nSPS) is 14.8. The van der Waals surface area contributed by atoms with Crippen LogP contribution < -0.4 is 0 Å².